The van der Waals surface area contributed by atoms with Crippen LogP contribution in [-0.4, -0.2) is 45.8 Å². The molecule has 2 aromatic rings. The van der Waals surface area contributed by atoms with Gasteiger partial charge in [0, 0.05) is 12.5 Å². The molecule has 0 saturated heterocycles. The molecule has 2 rings (SSSR count). The fourth-order valence-electron chi connectivity index (χ4n) is 3.06. The summed E-state index contributed by atoms with van der Waals surface area (Å²) in [6.07, 6.45) is -0.0644. The van der Waals surface area contributed by atoms with Crippen molar-refractivity contribution in [1.82, 2.24) is 5.32 Å². The quantitative estimate of drug-likeness (QED) is 0.460. The Balaban J connectivity index is 2.09. The molecule has 2 aromatic carbocycles. The number of hydrogen-bond acceptors (Lipinski definition) is 4. The second-order valence-electron chi connectivity index (χ2n) is 6.88. The topological polar surface area (TPSA) is 124 Å². The third kappa shape index (κ3) is 7.38. The molecule has 0 saturated carbocycles. The van der Waals surface area contributed by atoms with E-state index in [1.807, 2.05) is 54.6 Å². The van der Waals surface area contributed by atoms with E-state index in [1.165, 1.54) is 0 Å². The maximum Gasteiger partial charge on any atom is 0.308 e. The predicted molar refractivity (Wildman–Crippen MR) is 107 cm³/mol. The fraction of sp³-hybridized carbons (Fsp3) is 0.318. The molecule has 0 fully saturated rings. The van der Waals surface area contributed by atoms with Crippen LogP contribution >= 0.6 is 0 Å². The molecule has 4 N–H and O–H groups in total. The lowest BCUT2D eigenvalue weighted by Gasteiger charge is -2.22. The van der Waals surface area contributed by atoms with Gasteiger partial charge in [0.25, 0.3) is 0 Å². The van der Waals surface area contributed by atoms with Gasteiger partial charge in [-0.25, -0.2) is 0 Å². The number of amides is 1. The Labute approximate surface area is 169 Å². The van der Waals surface area contributed by atoms with Gasteiger partial charge in [-0.2, -0.15) is 0 Å². The van der Waals surface area contributed by atoms with E-state index in [1.54, 1.807) is 0 Å². The summed E-state index contributed by atoms with van der Waals surface area (Å²) < 4.78 is 0. The summed E-state index contributed by atoms with van der Waals surface area (Å²) in [5.41, 5.74) is 3.01. The molecule has 0 aromatic heterocycles. The number of aliphatic hydroxyl groups excluding tert-OH is 1. The summed E-state index contributed by atoms with van der Waals surface area (Å²) >= 11 is 0. The van der Waals surface area contributed by atoms with Crippen LogP contribution in [0.2, 0.25) is 0 Å². The summed E-state index contributed by atoms with van der Waals surface area (Å²) in [4.78, 5) is 34.0. The minimum atomic E-state index is -1.14. The smallest absolute Gasteiger partial charge is 0.308 e. The Morgan fingerprint density at radius 1 is 0.862 bits per heavy atom. The number of carbonyl (C=O) groups excluding carboxylic acids is 1. The molecule has 2 atom stereocenters. The summed E-state index contributed by atoms with van der Waals surface area (Å²) in [6.45, 7) is -0.538. The predicted octanol–water partition coefficient (Wildman–Crippen LogP) is 2.33. The van der Waals surface area contributed by atoms with Crippen LogP contribution in [0.3, 0.4) is 0 Å². The number of rotatable bonds is 11. The van der Waals surface area contributed by atoms with Crippen LogP contribution in [0.25, 0.3) is 11.1 Å². The second-order valence-corrected chi connectivity index (χ2v) is 6.88. The number of carbonyl (C=O) groups is 3. The average molecular weight is 399 g/mol. The molecule has 0 unspecified atom stereocenters. The number of aliphatic hydroxyl groups is 1. The van der Waals surface area contributed by atoms with Crippen LogP contribution < -0.4 is 5.32 Å². The molecular formula is C22H25NO6. The molecule has 0 bridgehead atoms. The summed E-state index contributed by atoms with van der Waals surface area (Å²) in [6, 6.07) is 17.0. The third-order valence-corrected chi connectivity index (χ3v) is 4.61. The monoisotopic (exact) mass is 399 g/mol. The first kappa shape index (κ1) is 22.1. The van der Waals surface area contributed by atoms with Gasteiger partial charge >= 0.3 is 11.9 Å². The van der Waals surface area contributed by atoms with E-state index < -0.39 is 36.4 Å². The number of benzene rings is 2. The normalized spacial score (nSPS) is 12.7. The molecule has 7 nitrogen and oxygen atoms in total. The highest BCUT2D eigenvalue weighted by Gasteiger charge is 2.23. The Bertz CT molecular complexity index is 819. The van der Waals surface area contributed by atoms with Crippen LogP contribution in [0.1, 0.15) is 24.8 Å². The minimum Gasteiger partial charge on any atom is -0.481 e. The molecular weight excluding hydrogens is 374 g/mol. The molecule has 1 amide bonds. The highest BCUT2D eigenvalue weighted by Crippen LogP contribution is 2.20. The van der Waals surface area contributed by atoms with Gasteiger partial charge < -0.3 is 20.6 Å². The number of nitrogens with one attached hydrogen (secondary N) is 1. The zero-order chi connectivity index (χ0) is 21.2. The van der Waals surface area contributed by atoms with Gasteiger partial charge in [0.1, 0.15) is 0 Å². The van der Waals surface area contributed by atoms with Crippen LogP contribution in [0.5, 0.6) is 0 Å². The average Bonchev–Trinajstić information content (AvgIpc) is 2.71. The van der Waals surface area contributed by atoms with Crippen LogP contribution in [0.4, 0.5) is 0 Å². The second kappa shape index (κ2) is 11.0. The highest BCUT2D eigenvalue weighted by atomic mass is 16.4. The van der Waals surface area contributed by atoms with Crippen molar-refractivity contribution in [3.05, 3.63) is 60.2 Å². The van der Waals surface area contributed by atoms with Gasteiger partial charge in [-0.1, -0.05) is 54.6 Å². The minimum absolute atomic E-state index is 0.0467. The van der Waals surface area contributed by atoms with Crippen molar-refractivity contribution in [3.8, 4) is 11.1 Å². The molecule has 0 spiro atoms. The van der Waals surface area contributed by atoms with Crippen molar-refractivity contribution in [2.75, 3.05) is 6.61 Å². The van der Waals surface area contributed by atoms with Crippen molar-refractivity contribution in [3.63, 3.8) is 0 Å². The maximum absolute atomic E-state index is 12.0. The van der Waals surface area contributed by atoms with Crippen LogP contribution in [0, 0.1) is 5.92 Å². The number of carboxylic acids is 2. The van der Waals surface area contributed by atoms with E-state index in [9.17, 15) is 24.6 Å². The van der Waals surface area contributed by atoms with E-state index in [0.29, 0.717) is 6.42 Å². The van der Waals surface area contributed by atoms with E-state index in [2.05, 4.69) is 5.32 Å². The highest BCUT2D eigenvalue weighted by molar-refractivity contribution is 5.81. The summed E-state index contributed by atoms with van der Waals surface area (Å²) in [5.74, 6) is -3.69. The SMILES string of the molecule is O=C(O)CCC(=O)N[C@H](Cc1ccc(-c2ccccc2)cc1)C[C@@H](CO)C(=O)O. The zero-order valence-electron chi connectivity index (χ0n) is 16.0. The number of hydrogen-bond donors (Lipinski definition) is 4. The Hall–Kier alpha value is -3.19. The Morgan fingerprint density at radius 3 is 2.03 bits per heavy atom. The van der Waals surface area contributed by atoms with Crippen molar-refractivity contribution in [1.29, 1.82) is 0 Å². The van der Waals surface area contributed by atoms with E-state index >= 15 is 0 Å². The summed E-state index contributed by atoms with van der Waals surface area (Å²) in [5, 5.41) is 30.0. The maximum atomic E-state index is 12.0. The van der Waals surface area contributed by atoms with E-state index in [0.717, 1.165) is 16.7 Å². The number of carboxylic acid groups (broad SMARTS) is 2. The molecule has 0 aliphatic carbocycles. The van der Waals surface area contributed by atoms with Crippen molar-refractivity contribution < 1.29 is 29.7 Å². The Kier molecular flexibility index (Phi) is 8.36. The first-order chi connectivity index (χ1) is 13.9. The van der Waals surface area contributed by atoms with E-state index in [-0.39, 0.29) is 19.3 Å². The van der Waals surface area contributed by atoms with Gasteiger partial charge in [-0.3, -0.25) is 14.4 Å². The molecule has 7 heteroatoms. The molecule has 0 aliphatic rings. The van der Waals surface area contributed by atoms with Gasteiger partial charge in [0.2, 0.25) is 5.91 Å². The van der Waals surface area contributed by atoms with E-state index in [4.69, 9.17) is 5.11 Å². The fourth-order valence-corrected chi connectivity index (χ4v) is 3.06. The largest absolute Gasteiger partial charge is 0.481 e. The molecule has 0 aliphatic heterocycles. The standard InChI is InChI=1S/C22H25NO6/c24-14-18(22(28)29)13-19(23-20(25)10-11-21(26)27)12-15-6-8-17(9-7-15)16-4-2-1-3-5-16/h1-9,18-19,24H,10-14H2,(H,23,25)(H,26,27)(H,28,29)/t18-,19+/m0/s1. The van der Waals surface area contributed by atoms with Crippen LogP contribution in [-0.2, 0) is 20.8 Å². The third-order valence-electron chi connectivity index (χ3n) is 4.61. The first-order valence-electron chi connectivity index (χ1n) is 9.38. The van der Waals surface area contributed by atoms with Crippen molar-refractivity contribution in [2.45, 2.75) is 31.7 Å². The number of aliphatic carboxylic acids is 2. The van der Waals surface area contributed by atoms with Crippen molar-refractivity contribution >= 4 is 17.8 Å². The molecule has 0 heterocycles. The van der Waals surface area contributed by atoms with Gasteiger partial charge in [0.05, 0.1) is 18.9 Å². The van der Waals surface area contributed by atoms with Gasteiger partial charge in [-0.05, 0) is 29.5 Å². The lowest BCUT2D eigenvalue weighted by molar-refractivity contribution is -0.143. The molecule has 29 heavy (non-hydrogen) atoms. The zero-order valence-corrected chi connectivity index (χ0v) is 16.0. The Morgan fingerprint density at radius 2 is 1.48 bits per heavy atom. The lowest BCUT2D eigenvalue weighted by atomic mass is 9.94. The summed E-state index contributed by atoms with van der Waals surface area (Å²) in [7, 11) is 0. The van der Waals surface area contributed by atoms with Gasteiger partial charge in [0.15, 0.2) is 0 Å². The van der Waals surface area contributed by atoms with Gasteiger partial charge in [-0.15, -0.1) is 0 Å². The molecule has 0 radical (unpaired) electrons. The lowest BCUT2D eigenvalue weighted by Crippen LogP contribution is -2.39. The van der Waals surface area contributed by atoms with Crippen LogP contribution in [0.15, 0.2) is 54.6 Å². The first-order valence-corrected chi connectivity index (χ1v) is 9.38. The van der Waals surface area contributed by atoms with Crippen molar-refractivity contribution in [2.24, 2.45) is 5.92 Å². The molecule has 154 valence electrons.